The van der Waals surface area contributed by atoms with Crippen LogP contribution in [0.5, 0.6) is 0 Å². The van der Waals surface area contributed by atoms with Gasteiger partial charge in [0.15, 0.2) is 0 Å². The monoisotopic (exact) mass is 308 g/mol. The summed E-state index contributed by atoms with van der Waals surface area (Å²) in [6.07, 6.45) is 4.58. The predicted molar refractivity (Wildman–Crippen MR) is 87.6 cm³/mol. The zero-order valence-electron chi connectivity index (χ0n) is 13.8. The third kappa shape index (κ3) is 5.99. The van der Waals surface area contributed by atoms with Gasteiger partial charge in [0.1, 0.15) is 0 Å². The summed E-state index contributed by atoms with van der Waals surface area (Å²) in [5.74, 6) is -0.608. The van der Waals surface area contributed by atoms with Gasteiger partial charge in [0.2, 0.25) is 5.91 Å². The smallest absolute Gasteiger partial charge is 0.306 e. The van der Waals surface area contributed by atoms with Gasteiger partial charge < -0.3 is 16.2 Å². The van der Waals surface area contributed by atoms with Gasteiger partial charge in [0.25, 0.3) is 0 Å². The zero-order chi connectivity index (χ0) is 16.7. The lowest BCUT2D eigenvalue weighted by Gasteiger charge is -2.34. The van der Waals surface area contributed by atoms with Gasteiger partial charge in [-0.2, -0.15) is 0 Å². The van der Waals surface area contributed by atoms with Crippen molar-refractivity contribution in [3.63, 3.8) is 0 Å². The maximum Gasteiger partial charge on any atom is 0.306 e. The number of rotatable bonds is 8. The number of hydrogen-bond donors (Lipinski definition) is 3. The fraction of sp³-hybridized carbons (Fsp3) is 0.875. The zero-order valence-corrected chi connectivity index (χ0v) is 13.8. The normalized spacial score (nSPS) is 26.6. The predicted octanol–water partition coefficient (Wildman–Crippen LogP) is 1.57. The molecule has 1 fully saturated rings. The van der Waals surface area contributed by atoms with Crippen molar-refractivity contribution in [2.24, 2.45) is 29.4 Å². The van der Waals surface area contributed by atoms with Crippen molar-refractivity contribution in [3.05, 3.63) is 0 Å². The number of amides is 1. The van der Waals surface area contributed by atoms with Gasteiger partial charge in [0.05, 0.1) is 19.8 Å². The van der Waals surface area contributed by atoms with Gasteiger partial charge in [-0.15, -0.1) is 0 Å². The molecule has 0 spiro atoms. The Morgan fingerprint density at radius 1 is 1.36 bits per heavy atom. The summed E-state index contributed by atoms with van der Waals surface area (Å²) in [5, 5.41) is 12.3. The van der Waals surface area contributed by atoms with Crippen LogP contribution in [0.3, 0.4) is 0 Å². The number of hydrogen-bond acceptors (Lipinski definition) is 3. The summed E-state index contributed by atoms with van der Waals surface area (Å²) >= 11 is 0. The molecule has 1 aliphatic carbocycles. The van der Waals surface area contributed by atoms with Gasteiger partial charge >= 0.3 is 5.97 Å². The second kappa shape index (κ2) is 9.18. The molecule has 0 aromatic carbocycles. The van der Waals surface area contributed by atoms with E-state index in [-0.39, 0.29) is 11.8 Å². The Bertz CT molecular complexity index is 376. The van der Waals surface area contributed by atoms with Crippen LogP contribution >= 0.6 is 0 Å². The molecule has 1 saturated carbocycles. The Morgan fingerprint density at radius 3 is 2.59 bits per heavy atom. The van der Waals surface area contributed by atoms with Crippen molar-refractivity contribution in [2.75, 3.05) is 6.54 Å². The molecule has 0 aliphatic heterocycles. The summed E-state index contributed by atoms with van der Waals surface area (Å²) in [6.45, 7) is 4.44. The molecular weight excluding hydrogens is 279 g/mol. The maximum atomic E-state index is 12.0. The Hall–Kier alpha value is -1.04. The first-order valence-corrected chi connectivity index (χ1v) is 8.31. The summed E-state index contributed by atoms with van der Waals surface area (Å²) in [4.78, 5) is 23.4. The first-order chi connectivity index (χ1) is 10.3. The molecule has 1 rings (SSSR count). The highest BCUT2D eigenvalue weighted by Gasteiger charge is 2.35. The molecular formula is C16H29BN2O3. The molecule has 0 unspecified atom stereocenters. The first-order valence-electron chi connectivity index (χ1n) is 8.31. The lowest BCUT2D eigenvalue weighted by atomic mass is 9.71. The second-order valence-electron chi connectivity index (χ2n) is 6.94. The second-order valence-corrected chi connectivity index (χ2v) is 6.94. The minimum atomic E-state index is -0.771. The Balaban J connectivity index is 2.49. The van der Waals surface area contributed by atoms with Crippen LogP contribution in [0.2, 0.25) is 6.32 Å². The van der Waals surface area contributed by atoms with Crippen molar-refractivity contribution in [1.82, 2.24) is 5.32 Å². The number of carbonyl (C=O) groups excluding carboxylic acids is 1. The molecule has 0 heterocycles. The fourth-order valence-corrected chi connectivity index (χ4v) is 3.34. The molecule has 1 aliphatic rings. The maximum absolute atomic E-state index is 12.0. The number of carboxylic acids is 1. The van der Waals surface area contributed by atoms with Crippen molar-refractivity contribution < 1.29 is 14.7 Å². The lowest BCUT2D eigenvalue weighted by Crippen LogP contribution is -2.45. The van der Waals surface area contributed by atoms with Crippen molar-refractivity contribution >= 4 is 19.7 Å². The minimum absolute atomic E-state index is 0.0123. The molecule has 4 N–H and O–H groups in total. The largest absolute Gasteiger partial charge is 0.481 e. The molecule has 5 nitrogen and oxygen atoms in total. The highest BCUT2D eigenvalue weighted by Crippen LogP contribution is 2.36. The molecule has 6 heteroatoms. The van der Waals surface area contributed by atoms with Crippen molar-refractivity contribution in [2.45, 2.75) is 58.3 Å². The molecule has 4 atom stereocenters. The molecule has 0 bridgehead atoms. The van der Waals surface area contributed by atoms with Crippen LogP contribution in [0, 0.1) is 23.7 Å². The number of carbonyl (C=O) groups is 2. The molecule has 0 aromatic heterocycles. The number of nitrogens with one attached hydrogen (secondary N) is 1. The molecule has 2 radical (unpaired) electrons. The molecule has 124 valence electrons. The molecule has 22 heavy (non-hydrogen) atoms. The van der Waals surface area contributed by atoms with Crippen LogP contribution < -0.4 is 11.1 Å². The van der Waals surface area contributed by atoms with Crippen LogP contribution in [0.25, 0.3) is 0 Å². The van der Waals surface area contributed by atoms with Crippen molar-refractivity contribution in [1.29, 1.82) is 0 Å². The highest BCUT2D eigenvalue weighted by atomic mass is 16.4. The first kappa shape index (κ1) is 19.0. The summed E-state index contributed by atoms with van der Waals surface area (Å²) < 4.78 is 0. The molecule has 0 saturated heterocycles. The van der Waals surface area contributed by atoms with E-state index in [0.29, 0.717) is 37.5 Å². The van der Waals surface area contributed by atoms with E-state index in [1.165, 1.54) is 0 Å². The van der Waals surface area contributed by atoms with Gasteiger partial charge in [-0.3, -0.25) is 9.59 Å². The quantitative estimate of drug-likeness (QED) is 0.593. The van der Waals surface area contributed by atoms with Gasteiger partial charge in [-0.25, -0.2) is 0 Å². The SMILES string of the molecule is [B]CC[C@@H]1CC[C@@H](CNC(=O)[C@@H](N)CC(C)C)[C@@H](C(=O)O)C1. The van der Waals surface area contributed by atoms with E-state index in [2.05, 4.69) is 5.32 Å². The van der Waals surface area contributed by atoms with Crippen LogP contribution in [-0.4, -0.2) is 37.4 Å². The Kier molecular flexibility index (Phi) is 7.94. The number of aliphatic carboxylic acids is 1. The molecule has 1 amide bonds. The standard InChI is InChI=1S/C16H29BN2O3/c1-10(2)7-14(18)15(20)19-9-12-4-3-11(5-6-17)8-13(12)16(21)22/h10-14H,3-9,18H2,1-2H3,(H,19,20)(H,21,22)/t11-,12-,13-,14-/m0/s1. The van der Waals surface area contributed by atoms with E-state index < -0.39 is 17.9 Å². The van der Waals surface area contributed by atoms with E-state index in [9.17, 15) is 14.7 Å². The molecule has 0 aromatic rings. The van der Waals surface area contributed by atoms with Gasteiger partial charge in [-0.1, -0.05) is 33.0 Å². The van der Waals surface area contributed by atoms with Crippen molar-refractivity contribution in [3.8, 4) is 0 Å². The fourth-order valence-electron chi connectivity index (χ4n) is 3.34. The number of carboxylic acid groups (broad SMARTS) is 1. The lowest BCUT2D eigenvalue weighted by molar-refractivity contribution is -0.146. The third-order valence-electron chi connectivity index (χ3n) is 4.59. The summed E-state index contributed by atoms with van der Waals surface area (Å²) in [5.41, 5.74) is 5.85. The van der Waals surface area contributed by atoms with E-state index in [4.69, 9.17) is 13.6 Å². The topological polar surface area (TPSA) is 92.4 Å². The van der Waals surface area contributed by atoms with E-state index in [1.54, 1.807) is 0 Å². The van der Waals surface area contributed by atoms with E-state index in [0.717, 1.165) is 19.3 Å². The number of nitrogens with two attached hydrogens (primary N) is 1. The van der Waals surface area contributed by atoms with Gasteiger partial charge in [0, 0.05) is 6.54 Å². The Labute approximate surface area is 134 Å². The van der Waals surface area contributed by atoms with E-state index in [1.807, 2.05) is 13.8 Å². The van der Waals surface area contributed by atoms with Crippen LogP contribution in [-0.2, 0) is 9.59 Å². The highest BCUT2D eigenvalue weighted by molar-refractivity contribution is 6.08. The average Bonchev–Trinajstić information content (AvgIpc) is 2.44. The van der Waals surface area contributed by atoms with Gasteiger partial charge in [-0.05, 0) is 37.0 Å². The Morgan fingerprint density at radius 2 is 2.05 bits per heavy atom. The minimum Gasteiger partial charge on any atom is -0.481 e. The van der Waals surface area contributed by atoms with E-state index >= 15 is 0 Å². The van der Waals surface area contributed by atoms with Crippen LogP contribution in [0.1, 0.15) is 46.0 Å². The van der Waals surface area contributed by atoms with Crippen LogP contribution in [0.4, 0.5) is 0 Å². The van der Waals surface area contributed by atoms with Crippen LogP contribution in [0.15, 0.2) is 0 Å². The summed E-state index contributed by atoms with van der Waals surface area (Å²) in [6, 6.07) is -0.517. The average molecular weight is 308 g/mol. The third-order valence-corrected chi connectivity index (χ3v) is 4.59. The summed E-state index contributed by atoms with van der Waals surface area (Å²) in [7, 11) is 5.57.